The van der Waals surface area contributed by atoms with Gasteiger partial charge in [0.05, 0.1) is 0 Å². The molecule has 0 aliphatic heterocycles. The number of hydrogen-bond acceptors (Lipinski definition) is 7. The van der Waals surface area contributed by atoms with Gasteiger partial charge in [-0.05, 0) is 66.0 Å². The predicted molar refractivity (Wildman–Crippen MR) is 184 cm³/mol. The molecule has 0 heterocycles. The topological polar surface area (TPSA) is 120 Å². The van der Waals surface area contributed by atoms with Crippen molar-refractivity contribution >= 4 is 34.9 Å². The Bertz CT molecular complexity index is 1580. The summed E-state index contributed by atoms with van der Waals surface area (Å²) >= 11 is 0. The molecule has 252 valence electrons. The summed E-state index contributed by atoms with van der Waals surface area (Å²) in [6, 6.07) is 20.6. The number of Topliss-reactive ketones (excluding diaryl/α,β-unsaturated/α-hetero) is 1. The monoisotopic (exact) mass is 644 g/mol. The van der Waals surface area contributed by atoms with E-state index >= 15 is 0 Å². The summed E-state index contributed by atoms with van der Waals surface area (Å²) in [5, 5.41) is 5.41. The Labute approximate surface area is 278 Å². The van der Waals surface area contributed by atoms with Gasteiger partial charge in [-0.3, -0.25) is 19.2 Å². The van der Waals surface area contributed by atoms with Crippen LogP contribution in [0.4, 0.5) is 11.4 Å². The Morgan fingerprint density at radius 2 is 1.40 bits per heavy atom. The quantitative estimate of drug-likeness (QED) is 0.0757. The second-order valence-corrected chi connectivity index (χ2v) is 12.8. The zero-order valence-corrected chi connectivity index (χ0v) is 29.0. The molecule has 2 N–H and O–H groups in total. The maximum Gasteiger partial charge on any atom is 0.359 e. The van der Waals surface area contributed by atoms with Crippen LogP contribution >= 0.6 is 0 Å². The first-order valence-corrected chi connectivity index (χ1v) is 16.0. The largest absolute Gasteiger partial charge is 0.480 e. The number of ether oxygens (including phenoxy) is 3. The smallest absolute Gasteiger partial charge is 0.359 e. The fourth-order valence-electron chi connectivity index (χ4n) is 4.96. The molecule has 9 heteroatoms. The van der Waals surface area contributed by atoms with Crippen LogP contribution in [-0.4, -0.2) is 42.6 Å². The fraction of sp³-hybridized carbons (Fsp3) is 0.421. The van der Waals surface area contributed by atoms with E-state index in [1.54, 1.807) is 42.5 Å². The van der Waals surface area contributed by atoms with E-state index in [2.05, 4.69) is 64.3 Å². The molecule has 2 unspecified atom stereocenters. The molecule has 2 atom stereocenters. The molecule has 0 bridgehead atoms. The van der Waals surface area contributed by atoms with Gasteiger partial charge in [-0.1, -0.05) is 90.9 Å². The first kappa shape index (κ1) is 37.0. The fourth-order valence-corrected chi connectivity index (χ4v) is 4.96. The zero-order valence-electron chi connectivity index (χ0n) is 29.0. The Kier molecular flexibility index (Phi) is 12.1. The summed E-state index contributed by atoms with van der Waals surface area (Å²) in [5.41, 5.74) is 2.67. The van der Waals surface area contributed by atoms with Crippen molar-refractivity contribution in [1.29, 1.82) is 0 Å². The van der Waals surface area contributed by atoms with Gasteiger partial charge in [-0.25, -0.2) is 0 Å². The third-order valence-corrected chi connectivity index (χ3v) is 8.79. The van der Waals surface area contributed by atoms with E-state index in [9.17, 15) is 19.2 Å². The average molecular weight is 645 g/mol. The molecule has 3 aromatic rings. The van der Waals surface area contributed by atoms with Gasteiger partial charge in [0.25, 0.3) is 5.91 Å². The molecular weight excluding hydrogens is 596 g/mol. The summed E-state index contributed by atoms with van der Waals surface area (Å²) in [6.45, 7) is 16.0. The highest BCUT2D eigenvalue weighted by Crippen LogP contribution is 2.39. The van der Waals surface area contributed by atoms with E-state index in [1.807, 2.05) is 13.0 Å². The summed E-state index contributed by atoms with van der Waals surface area (Å²) in [7, 11) is 1.10. The van der Waals surface area contributed by atoms with Crippen LogP contribution in [0.3, 0.4) is 0 Å². The second kappa shape index (κ2) is 15.4. The molecule has 0 aliphatic carbocycles. The van der Waals surface area contributed by atoms with Gasteiger partial charge in [0, 0.05) is 36.5 Å². The normalized spacial score (nSPS) is 13.6. The highest BCUT2D eigenvalue weighted by atomic mass is 16.7. The summed E-state index contributed by atoms with van der Waals surface area (Å²) in [5.74, 6) is -5.18. The molecule has 47 heavy (non-hydrogen) atoms. The number of nitrogens with one attached hydrogen (secondary N) is 2. The summed E-state index contributed by atoms with van der Waals surface area (Å²) in [4.78, 5) is 52.8. The van der Waals surface area contributed by atoms with Crippen LogP contribution in [0, 0.1) is 0 Å². The molecule has 0 aliphatic rings. The van der Waals surface area contributed by atoms with Crippen LogP contribution in [0.2, 0.25) is 0 Å². The van der Waals surface area contributed by atoms with Gasteiger partial charge in [-0.2, -0.15) is 0 Å². The van der Waals surface area contributed by atoms with E-state index in [0.29, 0.717) is 17.9 Å². The van der Waals surface area contributed by atoms with Crippen molar-refractivity contribution in [2.24, 2.45) is 0 Å². The number of hydrogen-bond donors (Lipinski definition) is 2. The van der Waals surface area contributed by atoms with Crippen LogP contribution in [0.25, 0.3) is 0 Å². The highest BCUT2D eigenvalue weighted by molar-refractivity contribution is 6.20. The molecule has 3 rings (SSSR count). The highest BCUT2D eigenvalue weighted by Gasteiger charge is 2.51. The number of amides is 2. The molecule has 0 saturated heterocycles. The molecule has 3 aromatic carbocycles. The number of benzene rings is 3. The van der Waals surface area contributed by atoms with Crippen LogP contribution in [0.15, 0.2) is 72.8 Å². The predicted octanol–water partition coefficient (Wildman–Crippen LogP) is 7.59. The lowest BCUT2D eigenvalue weighted by Crippen LogP contribution is -2.54. The number of anilines is 2. The number of carbonyl (C=O) groups is 4. The Balaban J connectivity index is 1.90. The van der Waals surface area contributed by atoms with Crippen molar-refractivity contribution < 1.29 is 33.4 Å². The van der Waals surface area contributed by atoms with Gasteiger partial charge in [0.1, 0.15) is 5.75 Å². The second-order valence-electron chi connectivity index (χ2n) is 12.8. The molecule has 0 spiro atoms. The third kappa shape index (κ3) is 8.65. The van der Waals surface area contributed by atoms with E-state index in [4.69, 9.17) is 14.2 Å². The molecule has 9 nitrogen and oxygen atoms in total. The Hall–Kier alpha value is -4.50. The van der Waals surface area contributed by atoms with Crippen molar-refractivity contribution in [3.63, 3.8) is 0 Å². The first-order chi connectivity index (χ1) is 22.1. The lowest BCUT2D eigenvalue weighted by atomic mass is 9.76. The van der Waals surface area contributed by atoms with Crippen molar-refractivity contribution in [3.8, 4) is 5.75 Å². The van der Waals surface area contributed by atoms with Gasteiger partial charge in [0.2, 0.25) is 5.78 Å². The van der Waals surface area contributed by atoms with Crippen molar-refractivity contribution in [3.05, 3.63) is 89.5 Å². The van der Waals surface area contributed by atoms with Crippen molar-refractivity contribution in [1.82, 2.24) is 0 Å². The van der Waals surface area contributed by atoms with Gasteiger partial charge < -0.3 is 24.8 Å². The number of para-hydroxylation sites is 1. The molecular formula is C38H48N2O7. The van der Waals surface area contributed by atoms with Crippen LogP contribution in [0.5, 0.6) is 5.75 Å². The number of rotatable bonds is 15. The maximum absolute atomic E-state index is 13.8. The Morgan fingerprint density at radius 3 is 1.98 bits per heavy atom. The SMILES string of the molecule is CCC(Oc1ccc(C(C)(C)CC)cc1C(C)(C)CC)C(=O)Nc1cccc(C(=O)C(OC)(OC(C)=O)C(=O)Nc2ccccc2)c1. The third-order valence-electron chi connectivity index (χ3n) is 8.79. The number of methoxy groups -OCH3 is 1. The van der Waals surface area contributed by atoms with Gasteiger partial charge in [0.15, 0.2) is 6.10 Å². The van der Waals surface area contributed by atoms with Crippen molar-refractivity contribution in [2.45, 2.75) is 97.4 Å². The summed E-state index contributed by atoms with van der Waals surface area (Å²) in [6.07, 6.45) is 1.41. The Morgan fingerprint density at radius 1 is 0.766 bits per heavy atom. The average Bonchev–Trinajstić information content (AvgIpc) is 3.06. The van der Waals surface area contributed by atoms with Gasteiger partial charge in [-0.15, -0.1) is 0 Å². The van der Waals surface area contributed by atoms with Crippen molar-refractivity contribution in [2.75, 3.05) is 17.7 Å². The minimum Gasteiger partial charge on any atom is -0.480 e. The number of ketones is 1. The molecule has 0 saturated carbocycles. The molecule has 0 radical (unpaired) electrons. The van der Waals surface area contributed by atoms with Crippen LogP contribution in [-0.2, 0) is 34.7 Å². The number of esters is 1. The van der Waals surface area contributed by atoms with E-state index in [1.165, 1.54) is 17.7 Å². The lowest BCUT2D eigenvalue weighted by Gasteiger charge is -2.31. The standard InChI is InChI=1S/C38H48N2O7/c1-10-31(46-32-22-21-27(36(5,6)11-2)24-30(32)37(7,8)12-3)34(43)39-29-20-16-17-26(23-29)33(42)38(45-9,47-25(4)41)35(44)40-28-18-14-13-15-19-28/h13-24,31H,10-12H2,1-9H3,(H,39,43)(H,40,44). The lowest BCUT2D eigenvalue weighted by molar-refractivity contribution is -0.198. The minimum atomic E-state index is -2.61. The van der Waals surface area contributed by atoms with Crippen LogP contribution in [0.1, 0.15) is 96.1 Å². The number of carbonyl (C=O) groups excluding carboxylic acids is 4. The van der Waals surface area contributed by atoms with E-state index in [-0.39, 0.29) is 22.1 Å². The van der Waals surface area contributed by atoms with E-state index in [0.717, 1.165) is 32.4 Å². The van der Waals surface area contributed by atoms with Gasteiger partial charge >= 0.3 is 17.7 Å². The maximum atomic E-state index is 13.8. The molecule has 0 fully saturated rings. The van der Waals surface area contributed by atoms with E-state index < -0.39 is 35.5 Å². The van der Waals surface area contributed by atoms with Crippen LogP contribution < -0.4 is 15.4 Å². The first-order valence-electron chi connectivity index (χ1n) is 16.0. The molecule has 0 aromatic heterocycles. The zero-order chi connectivity index (χ0) is 35.0. The molecule has 2 amide bonds. The minimum absolute atomic E-state index is 0.0147. The summed E-state index contributed by atoms with van der Waals surface area (Å²) < 4.78 is 16.9.